The first-order valence-electron chi connectivity index (χ1n) is 10.1. The van der Waals surface area contributed by atoms with E-state index >= 15 is 0 Å². The molecule has 0 bridgehead atoms. The van der Waals surface area contributed by atoms with Gasteiger partial charge in [-0.2, -0.15) is 0 Å². The van der Waals surface area contributed by atoms with E-state index in [1.807, 2.05) is 6.92 Å². The van der Waals surface area contributed by atoms with Gasteiger partial charge in [-0.1, -0.05) is 55.7 Å². The minimum absolute atomic E-state index is 0.0170. The van der Waals surface area contributed by atoms with Gasteiger partial charge in [0.25, 0.3) is 15.9 Å². The Hall–Kier alpha value is -2.60. The molecule has 29 heavy (non-hydrogen) atoms. The Morgan fingerprint density at radius 3 is 2.31 bits per heavy atom. The Kier molecular flexibility index (Phi) is 5.21. The molecule has 6 heteroatoms. The third-order valence-corrected chi connectivity index (χ3v) is 7.69. The van der Waals surface area contributed by atoms with Crippen LogP contribution in [0.5, 0.6) is 0 Å². The highest BCUT2D eigenvalue weighted by Crippen LogP contribution is 2.39. The van der Waals surface area contributed by atoms with Crippen LogP contribution in [0.3, 0.4) is 0 Å². The van der Waals surface area contributed by atoms with E-state index < -0.39 is 16.2 Å². The molecule has 1 heterocycles. The van der Waals surface area contributed by atoms with Crippen molar-refractivity contribution in [1.82, 2.24) is 4.90 Å². The van der Waals surface area contributed by atoms with Gasteiger partial charge in [0.2, 0.25) is 0 Å². The fraction of sp³-hybridized carbons (Fsp3) is 0.348. The van der Waals surface area contributed by atoms with Gasteiger partial charge in [-0.05, 0) is 50.1 Å². The zero-order valence-electron chi connectivity index (χ0n) is 16.6. The average Bonchev–Trinajstić information content (AvgIpc) is 2.74. The van der Waals surface area contributed by atoms with E-state index in [-0.39, 0.29) is 16.8 Å². The molecule has 5 nitrogen and oxygen atoms in total. The summed E-state index contributed by atoms with van der Waals surface area (Å²) in [7, 11) is -3.88. The minimum Gasteiger partial charge on any atom is -0.311 e. The fourth-order valence-electron chi connectivity index (χ4n) is 4.41. The summed E-state index contributed by atoms with van der Waals surface area (Å²) in [4.78, 5) is 15.3. The highest BCUT2D eigenvalue weighted by atomic mass is 32.2. The van der Waals surface area contributed by atoms with Gasteiger partial charge in [0.05, 0.1) is 16.1 Å². The molecule has 1 aliphatic heterocycles. The number of anilines is 1. The molecular formula is C23H26N2O3S. The van der Waals surface area contributed by atoms with E-state index in [4.69, 9.17) is 0 Å². The Morgan fingerprint density at radius 2 is 1.66 bits per heavy atom. The van der Waals surface area contributed by atoms with Crippen LogP contribution in [0.2, 0.25) is 0 Å². The third kappa shape index (κ3) is 3.35. The number of rotatable bonds is 4. The van der Waals surface area contributed by atoms with Gasteiger partial charge in [-0.15, -0.1) is 0 Å². The molecule has 2 aliphatic rings. The largest absolute Gasteiger partial charge is 0.311 e. The van der Waals surface area contributed by atoms with Crippen LogP contribution in [0.25, 0.3) is 0 Å². The lowest BCUT2D eigenvalue weighted by atomic mass is 9.92. The lowest BCUT2D eigenvalue weighted by Gasteiger charge is -2.47. The number of amides is 1. The van der Waals surface area contributed by atoms with Crippen LogP contribution in [0.4, 0.5) is 5.69 Å². The minimum atomic E-state index is -3.88. The lowest BCUT2D eigenvalue weighted by Crippen LogP contribution is -2.59. The predicted molar refractivity (Wildman–Crippen MR) is 114 cm³/mol. The highest BCUT2D eigenvalue weighted by Gasteiger charge is 2.45. The van der Waals surface area contributed by atoms with Crippen molar-refractivity contribution < 1.29 is 13.2 Å². The molecule has 1 saturated carbocycles. The van der Waals surface area contributed by atoms with Crippen molar-refractivity contribution in [1.29, 1.82) is 0 Å². The Bertz CT molecular complexity index is 1020. The van der Waals surface area contributed by atoms with E-state index in [2.05, 4.69) is 6.58 Å². The van der Waals surface area contributed by atoms with E-state index in [0.717, 1.165) is 37.7 Å². The zero-order valence-corrected chi connectivity index (χ0v) is 17.4. The molecule has 0 aromatic heterocycles. The second-order valence-corrected chi connectivity index (χ2v) is 9.60. The van der Waals surface area contributed by atoms with E-state index in [9.17, 15) is 13.2 Å². The maximum atomic E-state index is 13.7. The molecule has 0 N–H and O–H groups in total. The van der Waals surface area contributed by atoms with Gasteiger partial charge in [0.1, 0.15) is 6.17 Å². The molecule has 2 aromatic carbocycles. The summed E-state index contributed by atoms with van der Waals surface area (Å²) in [6, 6.07) is 13.8. The Balaban J connectivity index is 1.88. The van der Waals surface area contributed by atoms with E-state index in [0.29, 0.717) is 11.3 Å². The second kappa shape index (κ2) is 7.67. The molecule has 0 radical (unpaired) electrons. The van der Waals surface area contributed by atoms with Crippen LogP contribution >= 0.6 is 0 Å². The first-order chi connectivity index (χ1) is 13.9. The molecule has 1 aliphatic carbocycles. The van der Waals surface area contributed by atoms with Crippen LogP contribution < -0.4 is 4.31 Å². The zero-order chi connectivity index (χ0) is 20.6. The first-order valence-corrected chi connectivity index (χ1v) is 11.5. The van der Waals surface area contributed by atoms with Crippen molar-refractivity contribution in [3.63, 3.8) is 0 Å². The van der Waals surface area contributed by atoms with Crippen molar-refractivity contribution in [2.75, 3.05) is 4.31 Å². The summed E-state index contributed by atoms with van der Waals surface area (Å²) in [5, 5.41) is 0. The number of hydrogen-bond donors (Lipinski definition) is 0. The van der Waals surface area contributed by atoms with Gasteiger partial charge in [0, 0.05) is 6.04 Å². The van der Waals surface area contributed by atoms with Gasteiger partial charge >= 0.3 is 0 Å². The number of benzene rings is 2. The monoisotopic (exact) mass is 410 g/mol. The van der Waals surface area contributed by atoms with Gasteiger partial charge < -0.3 is 4.90 Å². The van der Waals surface area contributed by atoms with E-state index in [1.165, 1.54) is 4.31 Å². The molecule has 1 unspecified atom stereocenters. The number of aryl methyl sites for hydroxylation is 1. The molecule has 0 saturated heterocycles. The molecule has 1 atom stereocenters. The Morgan fingerprint density at radius 1 is 1.00 bits per heavy atom. The summed E-state index contributed by atoms with van der Waals surface area (Å²) in [6.07, 6.45) is 5.85. The third-order valence-electron chi connectivity index (χ3n) is 5.89. The van der Waals surface area contributed by atoms with Crippen molar-refractivity contribution >= 4 is 21.6 Å². The van der Waals surface area contributed by atoms with Crippen LogP contribution in [0.15, 0.2) is 66.1 Å². The number of sulfonamides is 1. The predicted octanol–water partition coefficient (Wildman–Crippen LogP) is 4.49. The topological polar surface area (TPSA) is 57.7 Å². The number of fused-ring (bicyclic) bond motifs is 1. The number of carbonyl (C=O) groups excluding carboxylic acids is 1. The highest BCUT2D eigenvalue weighted by molar-refractivity contribution is 7.92. The van der Waals surface area contributed by atoms with Crippen LogP contribution in [-0.2, 0) is 10.0 Å². The quantitative estimate of drug-likeness (QED) is 0.698. The number of carbonyl (C=O) groups is 1. The summed E-state index contributed by atoms with van der Waals surface area (Å²) < 4.78 is 28.8. The lowest BCUT2D eigenvalue weighted by molar-refractivity contribution is 0.0558. The summed E-state index contributed by atoms with van der Waals surface area (Å²) in [6.45, 7) is 5.83. The molecule has 0 spiro atoms. The van der Waals surface area contributed by atoms with Crippen molar-refractivity contribution in [2.45, 2.75) is 56.1 Å². The number of nitrogens with zero attached hydrogens (tertiary/aromatic N) is 2. The van der Waals surface area contributed by atoms with E-state index in [1.54, 1.807) is 59.5 Å². The smallest absolute Gasteiger partial charge is 0.266 e. The molecule has 4 rings (SSSR count). The Labute approximate surface area is 172 Å². The molecule has 2 aromatic rings. The van der Waals surface area contributed by atoms with Gasteiger partial charge in [-0.25, -0.2) is 12.7 Å². The summed E-state index contributed by atoms with van der Waals surface area (Å²) in [5.41, 5.74) is 1.82. The molecule has 1 fully saturated rings. The van der Waals surface area contributed by atoms with Gasteiger partial charge in [0.15, 0.2) is 0 Å². The average molecular weight is 411 g/mol. The van der Waals surface area contributed by atoms with Gasteiger partial charge in [-0.3, -0.25) is 4.79 Å². The van der Waals surface area contributed by atoms with Crippen molar-refractivity contribution in [2.24, 2.45) is 0 Å². The number of para-hydroxylation sites is 1. The van der Waals surface area contributed by atoms with Crippen molar-refractivity contribution in [3.05, 3.63) is 72.3 Å². The fourth-order valence-corrected chi connectivity index (χ4v) is 6.00. The standard InChI is InChI=1S/C23H26N2O3S/c1-3-22-24(18-9-5-4-6-10-18)23(26)20-11-7-8-12-21(20)25(22)29(27,28)19-15-13-17(2)14-16-19/h3,7-8,11-16,18,22H,1,4-6,9-10H2,2H3. The number of hydrogen-bond acceptors (Lipinski definition) is 3. The molecular weight excluding hydrogens is 384 g/mol. The van der Waals surface area contributed by atoms with Crippen LogP contribution in [-0.4, -0.2) is 31.4 Å². The molecule has 152 valence electrons. The van der Waals surface area contributed by atoms with Crippen molar-refractivity contribution in [3.8, 4) is 0 Å². The second-order valence-electron chi connectivity index (χ2n) is 7.78. The SMILES string of the molecule is C=CC1N(C2CCCCC2)C(=O)c2ccccc2N1S(=O)(=O)c1ccc(C)cc1. The summed E-state index contributed by atoms with van der Waals surface area (Å²) in [5.74, 6) is -0.118. The maximum Gasteiger partial charge on any atom is 0.266 e. The van der Waals surface area contributed by atoms with Crippen LogP contribution in [0.1, 0.15) is 48.0 Å². The first kappa shape index (κ1) is 19.7. The normalized spacial score (nSPS) is 20.4. The molecule has 1 amide bonds. The van der Waals surface area contributed by atoms with Crippen LogP contribution in [0, 0.1) is 6.92 Å². The maximum absolute atomic E-state index is 13.7. The summed E-state index contributed by atoms with van der Waals surface area (Å²) >= 11 is 0.